The number of nitrogens with zero attached hydrogens (tertiary/aromatic N) is 2. The Kier molecular flexibility index (Phi) is 3.87. The second kappa shape index (κ2) is 5.66. The van der Waals surface area contributed by atoms with Crippen LogP contribution in [0.15, 0.2) is 0 Å². The van der Waals surface area contributed by atoms with Crippen LogP contribution in [0.4, 0.5) is 10.7 Å². The molecule has 5 nitrogen and oxygen atoms in total. The van der Waals surface area contributed by atoms with E-state index < -0.39 is 0 Å². The molecule has 0 radical (unpaired) electrons. The highest BCUT2D eigenvalue weighted by molar-refractivity contribution is 7.19. The van der Waals surface area contributed by atoms with Crippen molar-refractivity contribution in [3.8, 4) is 6.07 Å². The molecule has 2 heterocycles. The number of nitriles is 1. The number of carbonyl (C=O) groups is 1. The Morgan fingerprint density at radius 3 is 2.57 bits per heavy atom. The monoisotopic (exact) mass is 305 g/mol. The second-order valence-corrected chi connectivity index (χ2v) is 6.70. The average Bonchev–Trinajstić information content (AvgIpc) is 3.30. The third kappa shape index (κ3) is 2.63. The van der Waals surface area contributed by atoms with Crippen molar-refractivity contribution in [3.63, 3.8) is 0 Å². The number of rotatable bonds is 4. The summed E-state index contributed by atoms with van der Waals surface area (Å²) in [7, 11) is 1.73. The van der Waals surface area contributed by atoms with Crippen LogP contribution in [0, 0.1) is 17.2 Å². The van der Waals surface area contributed by atoms with E-state index in [0.717, 1.165) is 43.8 Å². The molecule has 1 saturated carbocycles. The standard InChI is InChI=1S/C15H19N3O2S/c1-20-10-4-6-18(7-5-10)15-11(8-16)12(17)14(21-15)13(19)9-2-3-9/h9-10H,2-7,17H2,1H3. The van der Waals surface area contributed by atoms with Gasteiger partial charge < -0.3 is 15.4 Å². The average molecular weight is 305 g/mol. The first kappa shape index (κ1) is 14.4. The summed E-state index contributed by atoms with van der Waals surface area (Å²) in [5.41, 5.74) is 6.91. The van der Waals surface area contributed by atoms with Gasteiger partial charge in [-0.2, -0.15) is 5.26 Å². The molecule has 0 atom stereocenters. The Balaban J connectivity index is 1.86. The van der Waals surface area contributed by atoms with Gasteiger partial charge in [0.15, 0.2) is 5.78 Å². The highest BCUT2D eigenvalue weighted by Crippen LogP contribution is 2.43. The molecule has 1 aliphatic heterocycles. The zero-order chi connectivity index (χ0) is 15.0. The van der Waals surface area contributed by atoms with E-state index in [4.69, 9.17) is 10.5 Å². The van der Waals surface area contributed by atoms with Crippen LogP contribution in [0.1, 0.15) is 40.9 Å². The van der Waals surface area contributed by atoms with Crippen LogP contribution in [-0.2, 0) is 4.74 Å². The molecule has 2 N–H and O–H groups in total. The molecule has 0 spiro atoms. The van der Waals surface area contributed by atoms with Crippen molar-refractivity contribution in [1.29, 1.82) is 5.26 Å². The van der Waals surface area contributed by atoms with E-state index in [1.807, 2.05) is 0 Å². The molecule has 3 rings (SSSR count). The van der Waals surface area contributed by atoms with Crippen molar-refractivity contribution in [3.05, 3.63) is 10.4 Å². The molecule has 1 aromatic rings. The molecule has 2 aliphatic rings. The first-order valence-electron chi connectivity index (χ1n) is 7.30. The van der Waals surface area contributed by atoms with Gasteiger partial charge >= 0.3 is 0 Å². The van der Waals surface area contributed by atoms with Gasteiger partial charge in [0.05, 0.1) is 16.7 Å². The Morgan fingerprint density at radius 2 is 2.05 bits per heavy atom. The number of nitrogen functional groups attached to an aromatic ring is 1. The minimum atomic E-state index is 0.118. The highest BCUT2D eigenvalue weighted by Gasteiger charge is 2.35. The SMILES string of the molecule is COC1CCN(c2sc(C(=O)C3CC3)c(N)c2C#N)CC1. The second-order valence-electron chi connectivity index (χ2n) is 5.70. The first-order chi connectivity index (χ1) is 10.2. The Morgan fingerprint density at radius 1 is 1.38 bits per heavy atom. The lowest BCUT2D eigenvalue weighted by molar-refractivity contribution is 0.0820. The normalized spacial score (nSPS) is 19.5. The largest absolute Gasteiger partial charge is 0.396 e. The van der Waals surface area contributed by atoms with Crippen LogP contribution >= 0.6 is 11.3 Å². The van der Waals surface area contributed by atoms with Crippen molar-refractivity contribution in [2.45, 2.75) is 31.8 Å². The topological polar surface area (TPSA) is 79.3 Å². The Bertz CT molecular complexity index is 593. The fourth-order valence-electron chi connectivity index (χ4n) is 2.77. The summed E-state index contributed by atoms with van der Waals surface area (Å²) in [4.78, 5) is 15.0. The van der Waals surface area contributed by atoms with Gasteiger partial charge in [-0.25, -0.2) is 0 Å². The Labute approximate surface area is 128 Å². The summed E-state index contributed by atoms with van der Waals surface area (Å²) in [5, 5.41) is 10.2. The summed E-state index contributed by atoms with van der Waals surface area (Å²) in [6.07, 6.45) is 4.06. The molecule has 0 amide bonds. The summed E-state index contributed by atoms with van der Waals surface area (Å²) in [6.45, 7) is 1.67. The van der Waals surface area contributed by atoms with E-state index in [0.29, 0.717) is 16.1 Å². The summed E-state index contributed by atoms with van der Waals surface area (Å²) >= 11 is 1.39. The van der Waals surface area contributed by atoms with Crippen LogP contribution in [0.2, 0.25) is 0 Å². The third-order valence-electron chi connectivity index (χ3n) is 4.27. The lowest BCUT2D eigenvalue weighted by Crippen LogP contribution is -2.36. The van der Waals surface area contributed by atoms with E-state index in [9.17, 15) is 10.1 Å². The summed E-state index contributed by atoms with van der Waals surface area (Å²) in [6, 6.07) is 2.18. The van der Waals surface area contributed by atoms with E-state index in [-0.39, 0.29) is 17.8 Å². The predicted octanol–water partition coefficient (Wildman–Crippen LogP) is 2.41. The van der Waals surface area contributed by atoms with Gasteiger partial charge in [-0.1, -0.05) is 0 Å². The number of piperidine rings is 1. The molecule has 112 valence electrons. The van der Waals surface area contributed by atoms with Crippen LogP contribution in [0.25, 0.3) is 0 Å². The van der Waals surface area contributed by atoms with Crippen LogP contribution in [0.3, 0.4) is 0 Å². The van der Waals surface area contributed by atoms with Crippen molar-refractivity contribution >= 4 is 27.8 Å². The summed E-state index contributed by atoms with van der Waals surface area (Å²) < 4.78 is 5.37. The number of Topliss-reactive ketones (excluding diaryl/α,β-unsaturated/α-hetero) is 1. The maximum absolute atomic E-state index is 12.3. The van der Waals surface area contributed by atoms with Crippen molar-refractivity contribution in [1.82, 2.24) is 0 Å². The number of hydrogen-bond acceptors (Lipinski definition) is 6. The molecular weight excluding hydrogens is 286 g/mol. The number of nitrogens with two attached hydrogens (primary N) is 1. The number of anilines is 2. The van der Waals surface area contributed by atoms with E-state index in [1.165, 1.54) is 11.3 Å². The molecule has 0 aromatic carbocycles. The number of ketones is 1. The van der Waals surface area contributed by atoms with Crippen molar-refractivity contribution in [2.24, 2.45) is 5.92 Å². The lowest BCUT2D eigenvalue weighted by atomic mass is 10.1. The number of hydrogen-bond donors (Lipinski definition) is 1. The molecule has 0 bridgehead atoms. The van der Waals surface area contributed by atoms with Crippen LogP contribution in [-0.4, -0.2) is 32.1 Å². The third-order valence-corrected chi connectivity index (χ3v) is 5.55. The fraction of sp³-hybridized carbons (Fsp3) is 0.600. The van der Waals surface area contributed by atoms with Gasteiger partial charge in [0.1, 0.15) is 16.6 Å². The molecule has 1 aromatic heterocycles. The number of ether oxygens (including phenoxy) is 1. The van der Waals surface area contributed by atoms with Crippen molar-refractivity contribution in [2.75, 3.05) is 30.8 Å². The highest BCUT2D eigenvalue weighted by atomic mass is 32.1. The molecule has 2 fully saturated rings. The molecule has 21 heavy (non-hydrogen) atoms. The zero-order valence-electron chi connectivity index (χ0n) is 12.1. The molecular formula is C15H19N3O2S. The first-order valence-corrected chi connectivity index (χ1v) is 8.11. The number of methoxy groups -OCH3 is 1. The molecule has 1 aliphatic carbocycles. The van der Waals surface area contributed by atoms with Crippen LogP contribution < -0.4 is 10.6 Å². The summed E-state index contributed by atoms with van der Waals surface area (Å²) in [5.74, 6) is 0.247. The zero-order valence-corrected chi connectivity index (χ0v) is 12.9. The smallest absolute Gasteiger partial charge is 0.178 e. The minimum absolute atomic E-state index is 0.118. The lowest BCUT2D eigenvalue weighted by Gasteiger charge is -2.32. The predicted molar refractivity (Wildman–Crippen MR) is 82.7 cm³/mol. The number of carbonyl (C=O) groups excluding carboxylic acids is 1. The van der Waals surface area contributed by atoms with E-state index in [1.54, 1.807) is 7.11 Å². The van der Waals surface area contributed by atoms with Crippen molar-refractivity contribution < 1.29 is 9.53 Å². The molecule has 1 saturated heterocycles. The van der Waals surface area contributed by atoms with Crippen LogP contribution in [0.5, 0.6) is 0 Å². The van der Waals surface area contributed by atoms with E-state index >= 15 is 0 Å². The number of thiophene rings is 1. The quantitative estimate of drug-likeness (QED) is 0.864. The van der Waals surface area contributed by atoms with E-state index in [2.05, 4.69) is 11.0 Å². The maximum atomic E-state index is 12.3. The van der Waals surface area contributed by atoms with Gasteiger partial charge in [-0.3, -0.25) is 4.79 Å². The van der Waals surface area contributed by atoms with Gasteiger partial charge in [0.2, 0.25) is 0 Å². The molecule has 0 unspecified atom stereocenters. The molecule has 6 heteroatoms. The van der Waals surface area contributed by atoms with Gasteiger partial charge in [0.25, 0.3) is 0 Å². The minimum Gasteiger partial charge on any atom is -0.396 e. The van der Waals surface area contributed by atoms with Gasteiger partial charge in [-0.15, -0.1) is 11.3 Å². The fourth-order valence-corrected chi connectivity index (χ4v) is 4.01. The maximum Gasteiger partial charge on any atom is 0.178 e. The van der Waals surface area contributed by atoms with Gasteiger partial charge in [-0.05, 0) is 25.7 Å². The van der Waals surface area contributed by atoms with Gasteiger partial charge in [0, 0.05) is 26.1 Å². The Hall–Kier alpha value is -1.58.